The number of allylic oxidation sites excluding steroid dienone is 1. The molecular weight excluding hydrogens is 424 g/mol. The molecule has 0 aliphatic carbocycles. The number of likely N-dealkylation sites (tertiary alicyclic amines) is 1. The monoisotopic (exact) mass is 466 g/mol. The minimum absolute atomic E-state index is 0.293. The molecule has 2 N–H and O–H groups in total. The molecule has 1 aliphatic heterocycles. The largest absolute Gasteiger partial charge is 0.489 e. The Labute approximate surface area is 205 Å². The van der Waals surface area contributed by atoms with Gasteiger partial charge in [-0.15, -0.1) is 0 Å². The van der Waals surface area contributed by atoms with Crippen molar-refractivity contribution in [1.29, 1.82) is 0 Å². The Bertz CT molecular complexity index is 921. The van der Waals surface area contributed by atoms with Gasteiger partial charge < -0.3 is 20.1 Å². The molecule has 0 spiro atoms. The molecule has 5 heteroatoms. The van der Waals surface area contributed by atoms with Crippen LogP contribution in [0, 0.1) is 5.92 Å². The summed E-state index contributed by atoms with van der Waals surface area (Å²) in [5.74, 6) is -0.102. The molecule has 3 rings (SSSR count). The number of piperidine rings is 1. The van der Waals surface area contributed by atoms with E-state index >= 15 is 0 Å². The first-order valence-corrected chi connectivity index (χ1v) is 13.0. The Balaban J connectivity index is 1.50. The third kappa shape index (κ3) is 8.44. The molecule has 5 nitrogen and oxygen atoms in total. The Morgan fingerprint density at radius 2 is 2.03 bits per heavy atom. The summed E-state index contributed by atoms with van der Waals surface area (Å²) in [4.78, 5) is 13.7. The van der Waals surface area contributed by atoms with Crippen LogP contribution in [0.2, 0.25) is 0 Å². The van der Waals surface area contributed by atoms with Crippen molar-refractivity contribution in [3.8, 4) is 5.75 Å². The van der Waals surface area contributed by atoms with Crippen molar-refractivity contribution >= 4 is 16.7 Å². The standard InChI is InChI=1S/C29H42N2O3/c1-23(29(32)33)11-3-4-13-25(21-30-18-10-20-31-19-8-7-12-24(31)2)22-34-28-17-9-15-26-14-5-6-16-27(26)28/h5-6,9,13-17,23-24,30H,3-4,7-8,10-12,18-22H2,1-2H3,(H,32,33). The van der Waals surface area contributed by atoms with E-state index in [0.717, 1.165) is 50.0 Å². The maximum Gasteiger partial charge on any atom is 0.306 e. The SMILES string of the molecule is CC(CCCC=C(CNCCCN1CCCCC1C)COc1cccc2ccccc12)C(=O)O. The van der Waals surface area contributed by atoms with Gasteiger partial charge in [-0.05, 0) is 82.1 Å². The lowest BCUT2D eigenvalue weighted by molar-refractivity contribution is -0.141. The molecule has 2 atom stereocenters. The number of rotatable bonds is 14. The number of unbranched alkanes of at least 4 members (excludes halogenated alkanes) is 1. The van der Waals surface area contributed by atoms with Gasteiger partial charge in [-0.3, -0.25) is 4.79 Å². The van der Waals surface area contributed by atoms with Gasteiger partial charge in [0.05, 0.1) is 5.92 Å². The maximum atomic E-state index is 11.1. The van der Waals surface area contributed by atoms with Crippen LogP contribution in [0.3, 0.4) is 0 Å². The van der Waals surface area contributed by atoms with Gasteiger partial charge in [-0.2, -0.15) is 0 Å². The van der Waals surface area contributed by atoms with Crippen LogP contribution in [0.15, 0.2) is 54.1 Å². The molecule has 1 fully saturated rings. The average molecular weight is 467 g/mol. The first kappa shape index (κ1) is 26.2. The zero-order valence-corrected chi connectivity index (χ0v) is 21.0. The smallest absolute Gasteiger partial charge is 0.306 e. The third-order valence-electron chi connectivity index (χ3n) is 6.95. The summed E-state index contributed by atoms with van der Waals surface area (Å²) < 4.78 is 6.25. The number of aliphatic carboxylic acids is 1. The van der Waals surface area contributed by atoms with E-state index in [1.54, 1.807) is 6.92 Å². The number of benzene rings is 2. The summed E-state index contributed by atoms with van der Waals surface area (Å²) >= 11 is 0. The van der Waals surface area contributed by atoms with Crippen LogP contribution in [-0.4, -0.2) is 54.8 Å². The second-order valence-corrected chi connectivity index (χ2v) is 9.71. The minimum atomic E-state index is -0.715. The fraction of sp³-hybridized carbons (Fsp3) is 0.552. The summed E-state index contributed by atoms with van der Waals surface area (Å²) in [5.41, 5.74) is 1.22. The number of hydrogen-bond donors (Lipinski definition) is 2. The molecule has 2 aromatic carbocycles. The number of carboxylic acids is 1. The van der Waals surface area contributed by atoms with E-state index < -0.39 is 5.97 Å². The van der Waals surface area contributed by atoms with Gasteiger partial charge in [0, 0.05) is 18.0 Å². The molecule has 1 heterocycles. The predicted molar refractivity (Wildman–Crippen MR) is 141 cm³/mol. The van der Waals surface area contributed by atoms with E-state index in [0.29, 0.717) is 19.1 Å². The summed E-state index contributed by atoms with van der Waals surface area (Å²) in [5, 5.41) is 15.0. The Morgan fingerprint density at radius 3 is 2.85 bits per heavy atom. The van der Waals surface area contributed by atoms with Crippen LogP contribution in [-0.2, 0) is 4.79 Å². The zero-order chi connectivity index (χ0) is 24.2. The summed E-state index contributed by atoms with van der Waals surface area (Å²) in [6.45, 7) is 8.86. The fourth-order valence-electron chi connectivity index (χ4n) is 4.67. The third-order valence-corrected chi connectivity index (χ3v) is 6.95. The first-order valence-electron chi connectivity index (χ1n) is 13.0. The Morgan fingerprint density at radius 1 is 1.21 bits per heavy atom. The van der Waals surface area contributed by atoms with Gasteiger partial charge in [-0.25, -0.2) is 0 Å². The van der Waals surface area contributed by atoms with Gasteiger partial charge in [0.2, 0.25) is 0 Å². The molecule has 2 aromatic rings. The molecule has 0 amide bonds. The van der Waals surface area contributed by atoms with Crippen molar-refractivity contribution in [1.82, 2.24) is 10.2 Å². The van der Waals surface area contributed by atoms with Crippen molar-refractivity contribution in [2.45, 2.75) is 64.8 Å². The van der Waals surface area contributed by atoms with E-state index in [1.165, 1.54) is 36.8 Å². The van der Waals surface area contributed by atoms with Crippen LogP contribution in [0.5, 0.6) is 5.75 Å². The van der Waals surface area contributed by atoms with Crippen LogP contribution in [0.1, 0.15) is 58.8 Å². The molecule has 0 radical (unpaired) electrons. The van der Waals surface area contributed by atoms with Crippen molar-refractivity contribution in [2.24, 2.45) is 5.92 Å². The van der Waals surface area contributed by atoms with Gasteiger partial charge in [0.25, 0.3) is 0 Å². The summed E-state index contributed by atoms with van der Waals surface area (Å²) in [7, 11) is 0. The van der Waals surface area contributed by atoms with E-state index in [2.05, 4.69) is 41.4 Å². The quantitative estimate of drug-likeness (QED) is 0.268. The Hall–Kier alpha value is -2.37. The van der Waals surface area contributed by atoms with Gasteiger partial charge in [0.1, 0.15) is 12.4 Å². The number of carboxylic acid groups (broad SMARTS) is 1. The van der Waals surface area contributed by atoms with Crippen LogP contribution in [0.25, 0.3) is 10.8 Å². The van der Waals surface area contributed by atoms with E-state index in [-0.39, 0.29) is 5.92 Å². The van der Waals surface area contributed by atoms with Gasteiger partial charge >= 0.3 is 5.97 Å². The maximum absolute atomic E-state index is 11.1. The van der Waals surface area contributed by atoms with E-state index in [9.17, 15) is 4.79 Å². The van der Waals surface area contributed by atoms with Crippen molar-refractivity contribution < 1.29 is 14.6 Å². The number of nitrogens with zero attached hydrogens (tertiary/aromatic N) is 1. The highest BCUT2D eigenvalue weighted by molar-refractivity contribution is 5.88. The predicted octanol–water partition coefficient (Wildman–Crippen LogP) is 5.89. The molecule has 0 bridgehead atoms. The summed E-state index contributed by atoms with van der Waals surface area (Å²) in [6, 6.07) is 15.2. The molecule has 2 unspecified atom stereocenters. The molecule has 0 saturated carbocycles. The number of nitrogens with one attached hydrogen (secondary N) is 1. The highest BCUT2D eigenvalue weighted by Crippen LogP contribution is 2.25. The van der Waals surface area contributed by atoms with Crippen LogP contribution < -0.4 is 10.1 Å². The molecule has 1 saturated heterocycles. The Kier molecular flexibility index (Phi) is 10.9. The number of fused-ring (bicyclic) bond motifs is 1. The second-order valence-electron chi connectivity index (χ2n) is 9.71. The lowest BCUT2D eigenvalue weighted by Crippen LogP contribution is -2.39. The fourth-order valence-corrected chi connectivity index (χ4v) is 4.67. The number of hydrogen-bond acceptors (Lipinski definition) is 4. The first-order chi connectivity index (χ1) is 16.5. The second kappa shape index (κ2) is 14.1. The number of carbonyl (C=O) groups is 1. The lowest BCUT2D eigenvalue weighted by atomic mass is 10.0. The zero-order valence-electron chi connectivity index (χ0n) is 21.0. The molecule has 186 valence electrons. The van der Waals surface area contributed by atoms with Gasteiger partial charge in [-0.1, -0.05) is 55.8 Å². The summed E-state index contributed by atoms with van der Waals surface area (Å²) in [6.07, 6.45) is 9.86. The highest BCUT2D eigenvalue weighted by atomic mass is 16.5. The molecule has 1 aliphatic rings. The molecular formula is C29H42N2O3. The minimum Gasteiger partial charge on any atom is -0.489 e. The average Bonchev–Trinajstić information content (AvgIpc) is 2.85. The molecule has 0 aromatic heterocycles. The lowest BCUT2D eigenvalue weighted by Gasteiger charge is -2.33. The van der Waals surface area contributed by atoms with Crippen molar-refractivity contribution in [2.75, 3.05) is 32.8 Å². The van der Waals surface area contributed by atoms with Crippen molar-refractivity contribution in [3.05, 3.63) is 54.1 Å². The van der Waals surface area contributed by atoms with Crippen molar-refractivity contribution in [3.63, 3.8) is 0 Å². The number of ether oxygens (including phenoxy) is 1. The van der Waals surface area contributed by atoms with Gasteiger partial charge in [0.15, 0.2) is 0 Å². The van der Waals surface area contributed by atoms with Crippen LogP contribution >= 0.6 is 0 Å². The normalized spacial score (nSPS) is 18.2. The van der Waals surface area contributed by atoms with Crippen LogP contribution in [0.4, 0.5) is 0 Å². The topological polar surface area (TPSA) is 61.8 Å². The highest BCUT2D eigenvalue weighted by Gasteiger charge is 2.17. The van der Waals surface area contributed by atoms with E-state index in [4.69, 9.17) is 9.84 Å². The van der Waals surface area contributed by atoms with E-state index in [1.807, 2.05) is 24.3 Å². The molecule has 34 heavy (non-hydrogen) atoms.